The van der Waals surface area contributed by atoms with Gasteiger partial charge in [0.25, 0.3) is 0 Å². The summed E-state index contributed by atoms with van der Waals surface area (Å²) in [6, 6.07) is 42.9. The molecule has 234 valence electrons. The fourth-order valence-electron chi connectivity index (χ4n) is 6.98. The van der Waals surface area contributed by atoms with Crippen LogP contribution in [0.5, 0.6) is 0 Å². The molecule has 8 aromatic heterocycles. The lowest BCUT2D eigenvalue weighted by Crippen LogP contribution is -2.01. The molecule has 50 heavy (non-hydrogen) atoms. The lowest BCUT2D eigenvalue weighted by molar-refractivity contribution is 1.07. The van der Waals surface area contributed by atoms with Gasteiger partial charge < -0.3 is 0 Å². The number of rotatable bonds is 5. The Bertz CT molecular complexity index is 2610. The normalized spacial score (nSPS) is 11.6. The number of pyridine rings is 6. The maximum Gasteiger partial charge on any atom is 0.138 e. The highest BCUT2D eigenvalue weighted by molar-refractivity contribution is 6.09. The van der Waals surface area contributed by atoms with Gasteiger partial charge in [0.15, 0.2) is 0 Å². The summed E-state index contributed by atoms with van der Waals surface area (Å²) in [7, 11) is 0. The van der Waals surface area contributed by atoms with E-state index in [4.69, 9.17) is 15.0 Å². The zero-order valence-electron chi connectivity index (χ0n) is 26.6. The molecule has 0 unspecified atom stereocenters. The Morgan fingerprint density at radius 1 is 0.360 bits per heavy atom. The molecular weight excluding hydrogens is 617 g/mol. The van der Waals surface area contributed by atoms with Crippen molar-refractivity contribution in [1.82, 2.24) is 39.0 Å². The van der Waals surface area contributed by atoms with E-state index in [0.717, 1.165) is 89.3 Å². The fourth-order valence-corrected chi connectivity index (χ4v) is 6.98. The standard InChI is InChI=1S/C42H26N8/c1-3-14-37-28(9-1)30-25-43-21-18-39(30)49(37)41-16-7-12-33(47-41)35-23-27(32-11-5-6-20-45-32)24-36(46-35)34-13-8-17-42(48-34)50-38-15-4-2-10-29(38)31-26-44-22-19-40(31)50/h1-26H. The maximum atomic E-state index is 5.21. The van der Waals surface area contributed by atoms with Crippen LogP contribution in [0.4, 0.5) is 0 Å². The van der Waals surface area contributed by atoms with Crippen molar-refractivity contribution in [1.29, 1.82) is 0 Å². The Hall–Kier alpha value is -7.06. The zero-order valence-corrected chi connectivity index (χ0v) is 26.6. The molecule has 0 aliphatic carbocycles. The van der Waals surface area contributed by atoms with Crippen molar-refractivity contribution in [3.05, 3.63) is 158 Å². The van der Waals surface area contributed by atoms with Gasteiger partial charge in [0, 0.05) is 58.1 Å². The second-order valence-electron chi connectivity index (χ2n) is 12.1. The predicted octanol–water partition coefficient (Wildman–Crippen LogP) is 9.25. The number of hydrogen-bond donors (Lipinski definition) is 0. The summed E-state index contributed by atoms with van der Waals surface area (Å²) in [4.78, 5) is 29.1. The molecule has 8 heterocycles. The van der Waals surface area contributed by atoms with Crippen LogP contribution in [0.3, 0.4) is 0 Å². The second kappa shape index (κ2) is 11.3. The van der Waals surface area contributed by atoms with Gasteiger partial charge in [0.05, 0.1) is 50.5 Å². The molecule has 0 bridgehead atoms. The van der Waals surface area contributed by atoms with Crippen LogP contribution in [0.2, 0.25) is 0 Å². The van der Waals surface area contributed by atoms with Gasteiger partial charge in [-0.1, -0.05) is 54.6 Å². The summed E-state index contributed by atoms with van der Waals surface area (Å²) in [5.41, 5.74) is 8.93. The van der Waals surface area contributed by atoms with Crippen LogP contribution in [0, 0.1) is 0 Å². The van der Waals surface area contributed by atoms with E-state index >= 15 is 0 Å². The van der Waals surface area contributed by atoms with E-state index in [1.54, 1.807) is 6.20 Å². The van der Waals surface area contributed by atoms with Crippen LogP contribution in [0.1, 0.15) is 0 Å². The van der Waals surface area contributed by atoms with Gasteiger partial charge in [0.1, 0.15) is 11.6 Å². The van der Waals surface area contributed by atoms with Crippen LogP contribution < -0.4 is 0 Å². The molecule has 0 saturated carbocycles. The molecule has 0 spiro atoms. The van der Waals surface area contributed by atoms with E-state index in [1.165, 1.54) is 0 Å². The summed E-state index contributed by atoms with van der Waals surface area (Å²) in [6.45, 7) is 0. The van der Waals surface area contributed by atoms with Crippen molar-refractivity contribution in [3.8, 4) is 45.7 Å². The minimum absolute atomic E-state index is 0.725. The fraction of sp³-hybridized carbons (Fsp3) is 0. The Morgan fingerprint density at radius 3 is 1.40 bits per heavy atom. The Morgan fingerprint density at radius 2 is 0.860 bits per heavy atom. The van der Waals surface area contributed by atoms with Crippen LogP contribution in [0.15, 0.2) is 158 Å². The molecule has 0 fully saturated rings. The highest BCUT2D eigenvalue weighted by Gasteiger charge is 2.17. The van der Waals surface area contributed by atoms with Gasteiger partial charge in [-0.05, 0) is 72.8 Å². The minimum Gasteiger partial charge on any atom is -0.294 e. The van der Waals surface area contributed by atoms with Crippen LogP contribution in [-0.4, -0.2) is 39.0 Å². The van der Waals surface area contributed by atoms with Gasteiger partial charge in [0.2, 0.25) is 0 Å². The van der Waals surface area contributed by atoms with Crippen molar-refractivity contribution < 1.29 is 0 Å². The van der Waals surface area contributed by atoms with Crippen LogP contribution in [0.25, 0.3) is 89.3 Å². The molecule has 8 heteroatoms. The van der Waals surface area contributed by atoms with Crippen molar-refractivity contribution >= 4 is 43.6 Å². The molecule has 10 aromatic rings. The maximum absolute atomic E-state index is 5.21. The van der Waals surface area contributed by atoms with Crippen LogP contribution in [-0.2, 0) is 0 Å². The lowest BCUT2D eigenvalue weighted by Gasteiger charge is -2.12. The number of benzene rings is 2. The Kier molecular flexibility index (Phi) is 6.32. The SMILES string of the molecule is c1ccc(-c2cc(-c3cccc(-n4c5ccccc5c5cnccc54)n3)nc(-c3cccc(-n4c5ccccc5c5cnccc54)n3)c2)nc1. The number of aromatic nitrogens is 8. The number of para-hydroxylation sites is 2. The van der Waals surface area contributed by atoms with E-state index in [9.17, 15) is 0 Å². The first kappa shape index (κ1) is 28.0. The first-order valence-electron chi connectivity index (χ1n) is 16.4. The van der Waals surface area contributed by atoms with Gasteiger partial charge in [-0.15, -0.1) is 0 Å². The average molecular weight is 643 g/mol. The van der Waals surface area contributed by atoms with Crippen molar-refractivity contribution in [2.45, 2.75) is 0 Å². The van der Waals surface area contributed by atoms with Crippen molar-refractivity contribution in [2.75, 3.05) is 0 Å². The summed E-state index contributed by atoms with van der Waals surface area (Å²) >= 11 is 0. The molecule has 0 amide bonds. The third kappa shape index (κ3) is 4.47. The highest BCUT2D eigenvalue weighted by atomic mass is 15.1. The summed E-state index contributed by atoms with van der Waals surface area (Å²) in [5.74, 6) is 1.60. The van der Waals surface area contributed by atoms with Crippen molar-refractivity contribution in [3.63, 3.8) is 0 Å². The largest absolute Gasteiger partial charge is 0.294 e. The lowest BCUT2D eigenvalue weighted by atomic mass is 10.1. The zero-order chi connectivity index (χ0) is 33.0. The molecule has 0 saturated heterocycles. The summed E-state index contributed by atoms with van der Waals surface area (Å²) < 4.78 is 4.37. The van der Waals surface area contributed by atoms with E-state index in [0.29, 0.717) is 0 Å². The molecule has 8 nitrogen and oxygen atoms in total. The average Bonchev–Trinajstić information content (AvgIpc) is 3.71. The van der Waals surface area contributed by atoms with Crippen molar-refractivity contribution in [2.24, 2.45) is 0 Å². The third-order valence-corrected chi connectivity index (χ3v) is 9.19. The monoisotopic (exact) mass is 642 g/mol. The highest BCUT2D eigenvalue weighted by Crippen LogP contribution is 2.34. The topological polar surface area (TPSA) is 87.2 Å². The van der Waals surface area contributed by atoms with E-state index < -0.39 is 0 Å². The molecule has 0 N–H and O–H groups in total. The Balaban J connectivity index is 1.15. The van der Waals surface area contributed by atoms with E-state index in [-0.39, 0.29) is 0 Å². The molecule has 0 atom stereocenters. The summed E-state index contributed by atoms with van der Waals surface area (Å²) in [5, 5.41) is 4.42. The van der Waals surface area contributed by atoms with E-state index in [2.05, 4.69) is 84.7 Å². The number of nitrogens with zero attached hydrogens (tertiary/aromatic N) is 8. The van der Waals surface area contributed by atoms with Gasteiger partial charge in [-0.25, -0.2) is 15.0 Å². The minimum atomic E-state index is 0.725. The Labute approximate surface area is 286 Å². The van der Waals surface area contributed by atoms with Gasteiger partial charge in [-0.2, -0.15) is 0 Å². The quantitative estimate of drug-likeness (QED) is 0.186. The third-order valence-electron chi connectivity index (χ3n) is 9.19. The molecule has 0 aliphatic rings. The summed E-state index contributed by atoms with van der Waals surface area (Å²) in [6.07, 6.45) is 9.28. The second-order valence-corrected chi connectivity index (χ2v) is 12.1. The first-order valence-corrected chi connectivity index (χ1v) is 16.4. The molecule has 0 aliphatic heterocycles. The molecular formula is C42H26N8. The van der Waals surface area contributed by atoms with Gasteiger partial charge in [-0.3, -0.25) is 24.1 Å². The van der Waals surface area contributed by atoms with E-state index in [1.807, 2.05) is 91.5 Å². The molecule has 10 rings (SSSR count). The number of fused-ring (bicyclic) bond motifs is 6. The smallest absolute Gasteiger partial charge is 0.138 e. The first-order chi connectivity index (χ1) is 24.8. The van der Waals surface area contributed by atoms with Crippen LogP contribution >= 0.6 is 0 Å². The number of hydrogen-bond acceptors (Lipinski definition) is 6. The predicted molar refractivity (Wildman–Crippen MR) is 198 cm³/mol. The molecule has 0 radical (unpaired) electrons. The van der Waals surface area contributed by atoms with Gasteiger partial charge >= 0.3 is 0 Å². The molecule has 2 aromatic carbocycles.